The van der Waals surface area contributed by atoms with Crippen molar-refractivity contribution < 1.29 is 27.1 Å². The molecule has 0 bridgehead atoms. The minimum Gasteiger partial charge on any atom is -0.492 e. The fraction of sp³-hybridized carbons (Fsp3) is 0.464. The quantitative estimate of drug-likeness (QED) is 0.431. The Hall–Kier alpha value is -3.07. The van der Waals surface area contributed by atoms with Crippen LogP contribution in [0.2, 0.25) is 0 Å². The second-order valence-electron chi connectivity index (χ2n) is 10.5. The number of fused-ring (bicyclic) bond motifs is 3. The van der Waals surface area contributed by atoms with E-state index in [0.29, 0.717) is 38.2 Å². The second-order valence-corrected chi connectivity index (χ2v) is 10.5. The number of aromatic amines is 1. The fourth-order valence-electron chi connectivity index (χ4n) is 5.45. The SMILES string of the molecule is CC(C)(F)C(=O)N1CCCc2c([nH]c3ccccc23)C1c1c(F)cc(OCCN2CC(CF)C2)cc1F. The molecule has 37 heavy (non-hydrogen) atoms. The molecule has 3 heterocycles. The monoisotopic (exact) mass is 517 g/mol. The van der Waals surface area contributed by atoms with Crippen molar-refractivity contribution >= 4 is 16.8 Å². The zero-order chi connectivity index (χ0) is 26.3. The molecule has 1 amide bonds. The maximum absolute atomic E-state index is 15.7. The number of likely N-dealkylation sites (tertiary alicyclic amines) is 1. The van der Waals surface area contributed by atoms with E-state index in [4.69, 9.17) is 4.74 Å². The Balaban J connectivity index is 1.50. The van der Waals surface area contributed by atoms with E-state index in [1.165, 1.54) is 4.90 Å². The number of ether oxygens (including phenoxy) is 1. The highest BCUT2D eigenvalue weighted by Crippen LogP contribution is 2.41. The first-order valence-electron chi connectivity index (χ1n) is 12.7. The molecule has 1 atom stereocenters. The van der Waals surface area contributed by atoms with Gasteiger partial charge in [-0.1, -0.05) is 18.2 Å². The third-order valence-electron chi connectivity index (χ3n) is 7.28. The molecule has 1 N–H and O–H groups in total. The summed E-state index contributed by atoms with van der Waals surface area (Å²) in [7, 11) is 0. The van der Waals surface area contributed by atoms with Gasteiger partial charge in [0, 0.05) is 60.8 Å². The van der Waals surface area contributed by atoms with E-state index >= 15 is 8.78 Å². The number of carbonyl (C=O) groups is 1. The highest BCUT2D eigenvalue weighted by atomic mass is 19.1. The van der Waals surface area contributed by atoms with Gasteiger partial charge in [0.15, 0.2) is 5.67 Å². The number of nitrogens with one attached hydrogen (secondary N) is 1. The third kappa shape index (κ3) is 4.93. The number of H-pyrrole nitrogens is 1. The van der Waals surface area contributed by atoms with Crippen molar-refractivity contribution in [3.05, 3.63) is 64.9 Å². The van der Waals surface area contributed by atoms with Crippen molar-refractivity contribution in [2.75, 3.05) is 39.5 Å². The number of rotatable bonds is 7. The van der Waals surface area contributed by atoms with Gasteiger partial charge in [-0.2, -0.15) is 0 Å². The molecule has 0 spiro atoms. The van der Waals surface area contributed by atoms with Gasteiger partial charge in [0.25, 0.3) is 5.91 Å². The molecule has 0 saturated carbocycles. The molecular formula is C28H31F4N3O2. The van der Waals surface area contributed by atoms with Crippen LogP contribution < -0.4 is 4.74 Å². The molecule has 2 aliphatic rings. The predicted octanol–water partition coefficient (Wildman–Crippen LogP) is 5.34. The molecule has 1 fully saturated rings. The summed E-state index contributed by atoms with van der Waals surface area (Å²) >= 11 is 0. The van der Waals surface area contributed by atoms with Crippen LogP contribution in [0, 0.1) is 17.6 Å². The van der Waals surface area contributed by atoms with Gasteiger partial charge in [0.2, 0.25) is 0 Å². The standard InChI is InChI=1S/C28H31F4N3O2/c1-28(2,32)27(36)35-9-5-7-20-19-6-3-4-8-23(19)33-25(20)26(35)24-21(30)12-18(13-22(24)31)37-11-10-34-15-17(14-29)16-34/h3-4,6,8,12-13,17,26,33H,5,7,9-11,14-16H2,1-2H3. The van der Waals surface area contributed by atoms with Crippen LogP contribution in [0.3, 0.4) is 0 Å². The smallest absolute Gasteiger partial charge is 0.260 e. The Morgan fingerprint density at radius 2 is 1.86 bits per heavy atom. The van der Waals surface area contributed by atoms with Crippen LogP contribution in [-0.2, 0) is 11.2 Å². The highest BCUT2D eigenvalue weighted by molar-refractivity contribution is 5.88. The van der Waals surface area contributed by atoms with Crippen molar-refractivity contribution in [1.29, 1.82) is 0 Å². The number of halogens is 4. The maximum atomic E-state index is 15.7. The van der Waals surface area contributed by atoms with Gasteiger partial charge in [-0.3, -0.25) is 14.1 Å². The van der Waals surface area contributed by atoms with E-state index in [0.717, 1.165) is 42.4 Å². The van der Waals surface area contributed by atoms with E-state index in [9.17, 15) is 13.6 Å². The molecule has 1 unspecified atom stereocenters. The first-order valence-corrected chi connectivity index (χ1v) is 12.7. The average Bonchev–Trinajstić information content (AvgIpc) is 3.08. The van der Waals surface area contributed by atoms with Gasteiger partial charge in [0.1, 0.15) is 30.0 Å². The lowest BCUT2D eigenvalue weighted by Gasteiger charge is -2.37. The lowest BCUT2D eigenvalue weighted by molar-refractivity contribution is -0.143. The Bertz CT molecular complexity index is 1270. The second kappa shape index (κ2) is 10.0. The largest absolute Gasteiger partial charge is 0.492 e. The summed E-state index contributed by atoms with van der Waals surface area (Å²) in [6.07, 6.45) is 1.11. The summed E-state index contributed by atoms with van der Waals surface area (Å²) in [5.41, 5.74) is -0.403. The van der Waals surface area contributed by atoms with Gasteiger partial charge in [-0.15, -0.1) is 0 Å². The van der Waals surface area contributed by atoms with E-state index in [1.807, 2.05) is 29.2 Å². The van der Waals surface area contributed by atoms with Gasteiger partial charge < -0.3 is 14.6 Å². The third-order valence-corrected chi connectivity index (χ3v) is 7.28. The van der Waals surface area contributed by atoms with Crippen LogP contribution in [0.25, 0.3) is 10.9 Å². The van der Waals surface area contributed by atoms with Crippen LogP contribution >= 0.6 is 0 Å². The van der Waals surface area contributed by atoms with Gasteiger partial charge >= 0.3 is 0 Å². The molecule has 198 valence electrons. The van der Waals surface area contributed by atoms with E-state index in [-0.39, 0.29) is 37.1 Å². The van der Waals surface area contributed by atoms with Crippen molar-refractivity contribution in [2.45, 2.75) is 38.4 Å². The number of amides is 1. The number of aromatic nitrogens is 1. The molecule has 3 aromatic rings. The van der Waals surface area contributed by atoms with Gasteiger partial charge in [0.05, 0.1) is 12.2 Å². The molecule has 0 aliphatic carbocycles. The highest BCUT2D eigenvalue weighted by Gasteiger charge is 2.41. The fourth-order valence-corrected chi connectivity index (χ4v) is 5.45. The zero-order valence-electron chi connectivity index (χ0n) is 21.0. The number of aryl methyl sites for hydroxylation is 1. The normalized spacial score (nSPS) is 19.0. The maximum Gasteiger partial charge on any atom is 0.260 e. The van der Waals surface area contributed by atoms with Crippen LogP contribution in [0.5, 0.6) is 5.75 Å². The van der Waals surface area contributed by atoms with E-state index < -0.39 is 29.3 Å². The number of nitrogens with zero attached hydrogens (tertiary/aromatic N) is 2. The lowest BCUT2D eigenvalue weighted by atomic mass is 9.96. The van der Waals surface area contributed by atoms with Crippen molar-refractivity contribution in [3.63, 3.8) is 0 Å². The number of para-hydroxylation sites is 1. The number of alkyl halides is 2. The van der Waals surface area contributed by atoms with Gasteiger partial charge in [-0.25, -0.2) is 13.2 Å². The average molecular weight is 518 g/mol. The Kier molecular flexibility index (Phi) is 6.91. The van der Waals surface area contributed by atoms with Crippen molar-refractivity contribution in [3.8, 4) is 5.75 Å². The summed E-state index contributed by atoms with van der Waals surface area (Å²) < 4.78 is 64.4. The number of hydrogen-bond donors (Lipinski definition) is 1. The lowest BCUT2D eigenvalue weighted by Crippen LogP contribution is -2.49. The van der Waals surface area contributed by atoms with Crippen molar-refractivity contribution in [2.24, 2.45) is 5.92 Å². The van der Waals surface area contributed by atoms with Gasteiger partial charge in [-0.05, 0) is 38.3 Å². The Labute approximate surface area is 213 Å². The molecule has 5 rings (SSSR count). The molecule has 2 aliphatic heterocycles. The Morgan fingerprint density at radius 1 is 1.16 bits per heavy atom. The summed E-state index contributed by atoms with van der Waals surface area (Å²) in [5, 5.41) is 0.915. The van der Waals surface area contributed by atoms with E-state index in [2.05, 4.69) is 4.98 Å². The molecule has 2 aromatic carbocycles. The molecule has 1 aromatic heterocycles. The molecular weight excluding hydrogens is 486 g/mol. The number of hydrogen-bond acceptors (Lipinski definition) is 3. The summed E-state index contributed by atoms with van der Waals surface area (Å²) in [5.74, 6) is -2.51. The molecule has 5 nitrogen and oxygen atoms in total. The van der Waals surface area contributed by atoms with Crippen LogP contribution in [0.1, 0.15) is 43.1 Å². The summed E-state index contributed by atoms with van der Waals surface area (Å²) in [6, 6.07) is 8.58. The van der Waals surface area contributed by atoms with Crippen LogP contribution in [0.4, 0.5) is 17.6 Å². The number of benzene rings is 2. The van der Waals surface area contributed by atoms with E-state index in [1.54, 1.807) is 0 Å². The number of carbonyl (C=O) groups excluding carboxylic acids is 1. The van der Waals surface area contributed by atoms with Crippen LogP contribution in [0.15, 0.2) is 36.4 Å². The topological polar surface area (TPSA) is 48.6 Å². The minimum atomic E-state index is -2.22. The minimum absolute atomic E-state index is 0.0236. The summed E-state index contributed by atoms with van der Waals surface area (Å²) in [6.45, 7) is 4.12. The first-order chi connectivity index (χ1) is 17.7. The zero-order valence-corrected chi connectivity index (χ0v) is 21.0. The van der Waals surface area contributed by atoms with Crippen molar-refractivity contribution in [1.82, 2.24) is 14.8 Å². The molecule has 0 radical (unpaired) electrons. The molecule has 9 heteroatoms. The van der Waals surface area contributed by atoms with Crippen LogP contribution in [-0.4, -0.2) is 65.8 Å². The Morgan fingerprint density at radius 3 is 2.54 bits per heavy atom. The predicted molar refractivity (Wildman–Crippen MR) is 133 cm³/mol. The first kappa shape index (κ1) is 25.6. The summed E-state index contributed by atoms with van der Waals surface area (Å²) in [4.78, 5) is 19.7. The molecule has 1 saturated heterocycles.